The molecule has 3 aromatic heterocycles. The van der Waals surface area contributed by atoms with E-state index in [1.54, 1.807) is 11.3 Å². The molecule has 86 valence electrons. The van der Waals surface area contributed by atoms with Gasteiger partial charge in [-0.15, -0.1) is 0 Å². The van der Waals surface area contributed by atoms with Gasteiger partial charge >= 0.3 is 97.8 Å². The predicted octanol–water partition coefficient (Wildman–Crippen LogP) is 3.90. The van der Waals surface area contributed by atoms with Crippen LogP contribution in [-0.4, -0.2) is 4.98 Å². The zero-order chi connectivity index (χ0) is 10.7. The van der Waals surface area contributed by atoms with Gasteiger partial charge in [0.05, 0.1) is 0 Å². The Bertz CT molecular complexity index is 794. The molecule has 1 nitrogen and oxygen atoms in total. The molecule has 0 aliphatic heterocycles. The van der Waals surface area contributed by atoms with E-state index in [1.165, 1.54) is 36.5 Å². The first-order valence-electron chi connectivity index (χ1n) is 4.59. The first kappa shape index (κ1) is 8.21. The van der Waals surface area contributed by atoms with Crippen LogP contribution in [0.3, 0.4) is 0 Å². The van der Waals surface area contributed by atoms with Crippen molar-refractivity contribution in [1.82, 2.24) is 4.98 Å². The van der Waals surface area contributed by atoms with Crippen molar-refractivity contribution in [3.8, 4) is 0 Å². The summed E-state index contributed by atoms with van der Waals surface area (Å²) in [5.41, 5.74) is 3.12. The standard InChI is InChI=1S/C11H4NS3.Lr/c1-3-13-10-6(1)8-9(15-5-12-8)7-2-4-14-11(7)10;/h2-5H;. The molecule has 0 fully saturated rings. The molecule has 0 bridgehead atoms. The van der Waals surface area contributed by atoms with Gasteiger partial charge in [-0.3, -0.25) is 0 Å². The molecule has 0 unspecified atom stereocenters. The number of benzene rings is 1. The molecular formula is C11H4LrNS3. The summed E-state index contributed by atoms with van der Waals surface area (Å²) in [5.74, 6) is 0. The summed E-state index contributed by atoms with van der Waals surface area (Å²) in [6, 6.07) is 3.51. The molecule has 0 aliphatic rings. The second-order valence-electron chi connectivity index (χ2n) is 3.42. The van der Waals surface area contributed by atoms with E-state index in [0.29, 0.717) is 0 Å². The number of rotatable bonds is 0. The summed E-state index contributed by atoms with van der Waals surface area (Å²) < 4.78 is 6.74. The Morgan fingerprint density at radius 2 is 2.00 bits per heavy atom. The van der Waals surface area contributed by atoms with Crippen molar-refractivity contribution in [2.45, 2.75) is 0 Å². The fourth-order valence-electron chi connectivity index (χ4n) is 1.97. The van der Waals surface area contributed by atoms with Crippen LogP contribution in [0, 0.1) is 0 Å². The van der Waals surface area contributed by atoms with Crippen LogP contribution in [-0.2, 0) is 0 Å². The van der Waals surface area contributed by atoms with Crippen molar-refractivity contribution in [3.63, 3.8) is 0 Å². The minimum atomic E-state index is 1.17. The summed E-state index contributed by atoms with van der Waals surface area (Å²) in [6.07, 6.45) is 0. The Kier molecular flexibility index (Phi) is 1.32. The van der Waals surface area contributed by atoms with E-state index < -0.39 is 0 Å². The average molecular weight is 508 g/mol. The molecular weight excluding hydrogens is 504 g/mol. The van der Waals surface area contributed by atoms with Crippen LogP contribution in [0.4, 0.5) is 0 Å². The molecule has 0 spiro atoms. The van der Waals surface area contributed by atoms with Crippen LogP contribution in [0.2, 0.25) is 0 Å². The van der Waals surface area contributed by atoms with E-state index in [9.17, 15) is 0 Å². The molecule has 0 radical (unpaired) electrons. The van der Waals surface area contributed by atoms with Gasteiger partial charge in [0.15, 0.2) is 0 Å². The fraction of sp³-hybridized carbons (Fsp3) is 0. The molecule has 16 heavy (non-hydrogen) atoms. The van der Waals surface area contributed by atoms with Crippen LogP contribution in [0.15, 0.2) is 22.3 Å². The van der Waals surface area contributed by atoms with E-state index >= 15 is 0 Å². The number of thiazole rings is 1. The van der Waals surface area contributed by atoms with Gasteiger partial charge in [-0.05, 0) is 0 Å². The monoisotopic (exact) mass is 508 g/mol. The van der Waals surface area contributed by atoms with Crippen LogP contribution < -0.4 is 6.07 Å². The Morgan fingerprint density at radius 3 is 2.94 bits per heavy atom. The van der Waals surface area contributed by atoms with Crippen molar-refractivity contribution in [3.05, 3.63) is 22.3 Å². The van der Waals surface area contributed by atoms with E-state index in [-0.39, 0.29) is 0 Å². The van der Waals surface area contributed by atoms with Crippen molar-refractivity contribution >= 4 is 70.5 Å². The molecule has 3 heterocycles. The van der Waals surface area contributed by atoms with Gasteiger partial charge in [0.25, 0.3) is 0 Å². The van der Waals surface area contributed by atoms with Gasteiger partial charge in [0.2, 0.25) is 0 Å². The second kappa shape index (κ2) is 2.58. The number of hydrogen-bond acceptors (Lipinski definition) is 4. The summed E-state index contributed by atoms with van der Waals surface area (Å²) in [5, 5.41) is 7.09. The fourth-order valence-corrected chi connectivity index (χ4v) is 5.94. The number of aromatic nitrogens is 1. The van der Waals surface area contributed by atoms with Crippen LogP contribution in [0.5, 0.6) is 0 Å². The zero-order valence-electron chi connectivity index (χ0n) is 7.74. The summed E-state index contributed by atoms with van der Waals surface area (Å²) in [6.45, 7) is 0. The molecule has 0 saturated heterocycles. The first-order valence-corrected chi connectivity index (χ1v) is 8.31. The Hall–Kier alpha value is -1.97. The molecule has 0 amide bonds. The average Bonchev–Trinajstić information content (AvgIpc) is 2.91. The topological polar surface area (TPSA) is 12.9 Å². The third kappa shape index (κ3) is 0.790. The number of hydrogen-bond donors (Lipinski definition) is 0. The maximum atomic E-state index is 4.53. The summed E-state index contributed by atoms with van der Waals surface area (Å²) in [7, 11) is 0. The number of fused-ring (bicyclic) bond motifs is 6. The normalized spacial score (nSPS) is 12.1. The number of thiophene rings is 2. The second-order valence-corrected chi connectivity index (χ2v) is 7.23. The molecule has 1 aromatic carbocycles. The molecule has 0 N–H and O–H groups in total. The Morgan fingerprint density at radius 1 is 1.06 bits per heavy atom. The number of nitrogens with zero attached hydrogens (tertiary/aromatic N) is 1. The van der Waals surface area contributed by atoms with Gasteiger partial charge in [0.1, 0.15) is 0 Å². The molecule has 0 saturated carbocycles. The predicted molar refractivity (Wildman–Crippen MR) is 70.0 cm³/mol. The minimum absolute atomic E-state index is 1.17. The van der Waals surface area contributed by atoms with Gasteiger partial charge in [-0.2, -0.15) is 0 Å². The van der Waals surface area contributed by atoms with Crippen molar-refractivity contribution < 1.29 is 0 Å². The quantitative estimate of drug-likeness (QED) is 0.351. The van der Waals surface area contributed by atoms with Crippen LogP contribution >= 0.6 is 34.0 Å². The van der Waals surface area contributed by atoms with Crippen molar-refractivity contribution in [2.75, 3.05) is 0 Å². The van der Waals surface area contributed by atoms with Crippen LogP contribution in [0.25, 0.3) is 30.4 Å². The van der Waals surface area contributed by atoms with Gasteiger partial charge in [0, 0.05) is 0 Å². The van der Waals surface area contributed by atoms with E-state index in [1.807, 2.05) is 28.2 Å². The summed E-state index contributed by atoms with van der Waals surface area (Å²) in [4.78, 5) is 4.53. The van der Waals surface area contributed by atoms with Crippen molar-refractivity contribution in [2.24, 2.45) is 0 Å². The Balaban J connectivity index is 2.53. The van der Waals surface area contributed by atoms with Gasteiger partial charge in [-0.1, -0.05) is 0 Å². The molecule has 0 atom stereocenters. The zero-order valence-corrected chi connectivity index (χ0v) is 12.3. The molecule has 4 aromatic rings. The third-order valence-electron chi connectivity index (χ3n) is 2.62. The maximum absolute atomic E-state index is 4.53. The first-order chi connectivity index (χ1) is 7.86. The van der Waals surface area contributed by atoms with E-state index in [2.05, 4.69) is 21.8 Å². The Labute approximate surface area is 97.6 Å². The SMILES string of the molecule is [Lr][c]1csc2c3sccc3c3scnc3c12. The summed E-state index contributed by atoms with van der Waals surface area (Å²) >= 11 is 5.40. The van der Waals surface area contributed by atoms with Gasteiger partial charge in [-0.25, -0.2) is 0 Å². The van der Waals surface area contributed by atoms with Gasteiger partial charge < -0.3 is 0 Å². The van der Waals surface area contributed by atoms with E-state index in [4.69, 9.17) is 0 Å². The van der Waals surface area contributed by atoms with Crippen LogP contribution in [0.1, 0.15) is 0 Å². The molecule has 4 rings (SSSR count). The molecule has 5 heteroatoms. The van der Waals surface area contributed by atoms with Crippen molar-refractivity contribution in [1.29, 1.82) is 0 Å². The third-order valence-corrected chi connectivity index (χ3v) is 6.78. The molecule has 0 aliphatic carbocycles. The van der Waals surface area contributed by atoms with E-state index in [0.717, 1.165) is 0 Å².